The number of nitrogens with one attached hydrogen (secondary N) is 1. The monoisotopic (exact) mass is 277 g/mol. The van der Waals surface area contributed by atoms with E-state index in [1.165, 1.54) is 0 Å². The van der Waals surface area contributed by atoms with E-state index in [0.717, 1.165) is 6.42 Å². The lowest BCUT2D eigenvalue weighted by atomic mass is 9.80. The second kappa shape index (κ2) is 3.78. The molecular weight excluding hydrogens is 268 g/mol. The predicted molar refractivity (Wildman–Crippen MR) is 48.4 cm³/mol. The maximum Gasteiger partial charge on any atom is 0.350 e. The van der Waals surface area contributed by atoms with Crippen LogP contribution in [-0.4, -0.2) is 25.0 Å². The van der Waals surface area contributed by atoms with Gasteiger partial charge in [0.1, 0.15) is 0 Å². The fourth-order valence-corrected chi connectivity index (χ4v) is 3.07. The zero-order valence-electron chi connectivity index (χ0n) is 6.76. The van der Waals surface area contributed by atoms with E-state index in [1.807, 2.05) is 4.72 Å². The van der Waals surface area contributed by atoms with Crippen molar-refractivity contribution in [2.24, 2.45) is 0 Å². The molecule has 0 atom stereocenters. The summed E-state index contributed by atoms with van der Waals surface area (Å²) in [6.07, 6.45) is 2.10. The highest BCUT2D eigenvalue weighted by Gasteiger charge is 2.41. The summed E-state index contributed by atoms with van der Waals surface area (Å²) in [6, 6.07) is 0. The number of hydrogen-bond donors (Lipinski definition) is 1. The Morgan fingerprint density at radius 3 is 2.23 bits per heavy atom. The van der Waals surface area contributed by atoms with Crippen LogP contribution in [0, 0.1) is 0 Å². The molecule has 0 saturated heterocycles. The van der Waals surface area contributed by atoms with Gasteiger partial charge in [-0.1, -0.05) is 15.9 Å². The minimum atomic E-state index is -4.44. The van der Waals surface area contributed by atoms with Gasteiger partial charge in [-0.15, -0.1) is 0 Å². The van der Waals surface area contributed by atoms with Gasteiger partial charge in [0.15, 0.2) is 0 Å². The SMILES string of the molecule is O=S(=O)(NC1(CBr)CCC1)C(F)F. The molecule has 0 spiro atoms. The predicted octanol–water partition coefficient (Wildman–Crippen LogP) is 1.45. The van der Waals surface area contributed by atoms with Crippen molar-refractivity contribution >= 4 is 26.0 Å². The molecule has 0 amide bonds. The molecule has 0 aromatic heterocycles. The Labute approximate surface area is 84.1 Å². The van der Waals surface area contributed by atoms with Crippen LogP contribution in [0.5, 0.6) is 0 Å². The first kappa shape index (κ1) is 11.3. The topological polar surface area (TPSA) is 46.2 Å². The molecular formula is C6H10BrF2NO2S. The Kier molecular flexibility index (Phi) is 3.29. The minimum absolute atomic E-state index is 0.381. The zero-order chi connectivity index (χ0) is 10.1. The molecule has 1 aliphatic rings. The van der Waals surface area contributed by atoms with Crippen LogP contribution in [0.4, 0.5) is 8.78 Å². The molecule has 0 aliphatic heterocycles. The van der Waals surface area contributed by atoms with E-state index in [1.54, 1.807) is 0 Å². The van der Waals surface area contributed by atoms with Crippen molar-refractivity contribution < 1.29 is 17.2 Å². The van der Waals surface area contributed by atoms with Crippen molar-refractivity contribution in [3.05, 3.63) is 0 Å². The molecule has 0 heterocycles. The van der Waals surface area contributed by atoms with Crippen molar-refractivity contribution in [2.45, 2.75) is 30.6 Å². The first-order valence-electron chi connectivity index (χ1n) is 3.79. The molecule has 78 valence electrons. The first-order valence-corrected chi connectivity index (χ1v) is 6.46. The normalized spacial score (nSPS) is 21.5. The zero-order valence-corrected chi connectivity index (χ0v) is 9.17. The molecule has 1 N–H and O–H groups in total. The van der Waals surface area contributed by atoms with Gasteiger partial charge in [0.05, 0.1) is 0 Å². The molecule has 1 aliphatic carbocycles. The number of halogens is 3. The molecule has 0 aromatic rings. The van der Waals surface area contributed by atoms with Gasteiger partial charge >= 0.3 is 5.76 Å². The van der Waals surface area contributed by atoms with E-state index >= 15 is 0 Å². The highest BCUT2D eigenvalue weighted by atomic mass is 79.9. The summed E-state index contributed by atoms with van der Waals surface area (Å²) >= 11 is 3.11. The van der Waals surface area contributed by atoms with Crippen LogP contribution in [0.1, 0.15) is 19.3 Å². The van der Waals surface area contributed by atoms with Crippen LogP contribution in [0.2, 0.25) is 0 Å². The highest BCUT2D eigenvalue weighted by molar-refractivity contribution is 9.09. The van der Waals surface area contributed by atoms with Crippen LogP contribution in [0.25, 0.3) is 0 Å². The summed E-state index contributed by atoms with van der Waals surface area (Å²) in [5, 5.41) is 0.381. The number of sulfonamides is 1. The maximum absolute atomic E-state index is 12.0. The quantitative estimate of drug-likeness (QED) is 0.791. The van der Waals surface area contributed by atoms with E-state index in [-0.39, 0.29) is 0 Å². The largest absolute Gasteiger partial charge is 0.350 e. The van der Waals surface area contributed by atoms with Crippen molar-refractivity contribution in [3.8, 4) is 0 Å². The highest BCUT2D eigenvalue weighted by Crippen LogP contribution is 2.34. The van der Waals surface area contributed by atoms with Crippen LogP contribution >= 0.6 is 15.9 Å². The van der Waals surface area contributed by atoms with Crippen LogP contribution in [-0.2, 0) is 10.0 Å². The van der Waals surface area contributed by atoms with E-state index < -0.39 is 21.3 Å². The molecule has 7 heteroatoms. The van der Waals surface area contributed by atoms with Crippen molar-refractivity contribution in [3.63, 3.8) is 0 Å². The number of hydrogen-bond acceptors (Lipinski definition) is 2. The first-order chi connectivity index (χ1) is 5.92. The van der Waals surface area contributed by atoms with Crippen LogP contribution < -0.4 is 4.72 Å². The summed E-state index contributed by atoms with van der Waals surface area (Å²) in [5.74, 6) is -3.34. The Hall–Kier alpha value is 0.250. The molecule has 1 fully saturated rings. The molecule has 1 rings (SSSR count). The molecule has 13 heavy (non-hydrogen) atoms. The Bertz CT molecular complexity index is 271. The van der Waals surface area contributed by atoms with E-state index in [4.69, 9.17) is 0 Å². The van der Waals surface area contributed by atoms with Crippen molar-refractivity contribution in [1.82, 2.24) is 4.72 Å². The fourth-order valence-electron chi connectivity index (χ4n) is 1.21. The summed E-state index contributed by atoms with van der Waals surface area (Å²) in [6.45, 7) is 0. The summed E-state index contributed by atoms with van der Waals surface area (Å²) < 4.78 is 47.6. The van der Waals surface area contributed by atoms with Gasteiger partial charge < -0.3 is 0 Å². The molecule has 0 aromatic carbocycles. The van der Waals surface area contributed by atoms with Crippen LogP contribution in [0.3, 0.4) is 0 Å². The number of rotatable bonds is 4. The molecule has 1 saturated carbocycles. The van der Waals surface area contributed by atoms with Gasteiger partial charge in [-0.25, -0.2) is 13.1 Å². The average Bonchev–Trinajstić information content (AvgIpc) is 1.96. The Balaban J connectivity index is 2.67. The molecule has 0 unspecified atom stereocenters. The standard InChI is InChI=1S/C6H10BrF2NO2S/c7-4-6(2-1-3-6)10-13(11,12)5(8)9/h5,10H,1-4H2. The third kappa shape index (κ3) is 2.38. The van der Waals surface area contributed by atoms with E-state index in [0.29, 0.717) is 18.2 Å². The lowest BCUT2D eigenvalue weighted by Gasteiger charge is -2.40. The Morgan fingerprint density at radius 1 is 1.46 bits per heavy atom. The average molecular weight is 278 g/mol. The van der Waals surface area contributed by atoms with Gasteiger partial charge in [0.25, 0.3) is 10.0 Å². The molecule has 0 radical (unpaired) electrons. The van der Waals surface area contributed by atoms with Gasteiger partial charge in [-0.2, -0.15) is 8.78 Å². The summed E-state index contributed by atoms with van der Waals surface area (Å²) in [5.41, 5.74) is -0.671. The summed E-state index contributed by atoms with van der Waals surface area (Å²) in [7, 11) is -4.44. The third-order valence-electron chi connectivity index (χ3n) is 2.16. The van der Waals surface area contributed by atoms with Crippen molar-refractivity contribution in [1.29, 1.82) is 0 Å². The van der Waals surface area contributed by atoms with E-state index in [9.17, 15) is 17.2 Å². The van der Waals surface area contributed by atoms with E-state index in [2.05, 4.69) is 15.9 Å². The minimum Gasteiger partial charge on any atom is -0.206 e. The molecule has 3 nitrogen and oxygen atoms in total. The second-order valence-corrected chi connectivity index (χ2v) is 5.39. The molecule has 0 bridgehead atoms. The fraction of sp³-hybridized carbons (Fsp3) is 1.00. The number of alkyl halides is 3. The Morgan fingerprint density at radius 2 is 2.00 bits per heavy atom. The third-order valence-corrected chi connectivity index (χ3v) is 4.42. The van der Waals surface area contributed by atoms with Gasteiger partial charge in [0, 0.05) is 10.9 Å². The van der Waals surface area contributed by atoms with Crippen LogP contribution in [0.15, 0.2) is 0 Å². The lowest BCUT2D eigenvalue weighted by Crippen LogP contribution is -2.55. The smallest absolute Gasteiger partial charge is 0.206 e. The summed E-state index contributed by atoms with van der Waals surface area (Å²) in [4.78, 5) is 0. The second-order valence-electron chi connectivity index (χ2n) is 3.18. The van der Waals surface area contributed by atoms with Gasteiger partial charge in [0.2, 0.25) is 0 Å². The van der Waals surface area contributed by atoms with Gasteiger partial charge in [-0.3, -0.25) is 0 Å². The van der Waals surface area contributed by atoms with Crippen molar-refractivity contribution in [2.75, 3.05) is 5.33 Å². The maximum atomic E-state index is 12.0. The van der Waals surface area contributed by atoms with Gasteiger partial charge in [-0.05, 0) is 19.3 Å². The lowest BCUT2D eigenvalue weighted by molar-refractivity contribution is 0.213.